The molecule has 9 nitrogen and oxygen atoms in total. The molecule has 1 fully saturated rings. The first kappa shape index (κ1) is 21.5. The highest BCUT2D eigenvalue weighted by Gasteiger charge is 2.46. The molecule has 1 aromatic rings. The zero-order chi connectivity index (χ0) is 21.2. The van der Waals surface area contributed by atoms with Crippen molar-refractivity contribution in [3.8, 4) is 5.75 Å². The van der Waals surface area contributed by atoms with Crippen LogP contribution < -0.4 is 22.1 Å². The van der Waals surface area contributed by atoms with E-state index in [0.717, 1.165) is 30.4 Å². The lowest BCUT2D eigenvalue weighted by molar-refractivity contribution is -0.179. The lowest BCUT2D eigenvalue weighted by atomic mass is 9.64. The highest BCUT2D eigenvalue weighted by atomic mass is 16.7. The molecule has 0 saturated heterocycles. The number of aliphatic imine (C=N–C) groups is 1. The monoisotopic (exact) mass is 406 g/mol. The lowest BCUT2D eigenvalue weighted by Crippen LogP contribution is -2.54. The maximum atomic E-state index is 11.5. The van der Waals surface area contributed by atoms with Crippen molar-refractivity contribution in [1.82, 2.24) is 0 Å². The maximum absolute atomic E-state index is 11.5. The molecule has 1 aliphatic carbocycles. The predicted octanol–water partition coefficient (Wildman–Crippen LogP) is 0.309. The number of benzene rings is 1. The third kappa shape index (κ3) is 4.09. The van der Waals surface area contributed by atoms with E-state index in [1.165, 1.54) is 6.92 Å². The average molecular weight is 406 g/mol. The van der Waals surface area contributed by atoms with E-state index >= 15 is 0 Å². The molecule has 9 heteroatoms. The Hall–Kier alpha value is -2.20. The minimum absolute atomic E-state index is 0.0864. The van der Waals surface area contributed by atoms with Crippen molar-refractivity contribution in [3.05, 3.63) is 29.3 Å². The number of aryl methyl sites for hydroxylation is 1. The van der Waals surface area contributed by atoms with Gasteiger partial charge >= 0.3 is 5.97 Å². The van der Waals surface area contributed by atoms with Crippen LogP contribution in [0.3, 0.4) is 0 Å². The number of hydrogen-bond acceptors (Lipinski definition) is 7. The van der Waals surface area contributed by atoms with Gasteiger partial charge in [0.15, 0.2) is 0 Å². The third-order valence-electron chi connectivity index (χ3n) is 6.25. The quantitative estimate of drug-likeness (QED) is 0.234. The number of nitrogens with two attached hydrogens (primary N) is 3. The van der Waals surface area contributed by atoms with Gasteiger partial charge < -0.3 is 26.4 Å². The second-order valence-electron chi connectivity index (χ2n) is 8.27. The van der Waals surface area contributed by atoms with E-state index in [1.54, 1.807) is 12.1 Å². The maximum Gasteiger partial charge on any atom is 0.341 e. The van der Waals surface area contributed by atoms with E-state index in [0.29, 0.717) is 31.0 Å². The lowest BCUT2D eigenvalue weighted by Gasteiger charge is -2.45. The first-order valence-electron chi connectivity index (χ1n) is 9.82. The molecule has 29 heavy (non-hydrogen) atoms. The van der Waals surface area contributed by atoms with Gasteiger partial charge in [-0.25, -0.2) is 10.7 Å². The highest BCUT2D eigenvalue weighted by molar-refractivity contribution is 5.98. The fourth-order valence-electron chi connectivity index (χ4n) is 4.22. The van der Waals surface area contributed by atoms with E-state index < -0.39 is 17.7 Å². The summed E-state index contributed by atoms with van der Waals surface area (Å²) in [5.74, 6) is 5.08. The second kappa shape index (κ2) is 8.27. The molecule has 1 saturated carbocycles. The summed E-state index contributed by atoms with van der Waals surface area (Å²) in [6.07, 6.45) is 2.72. The SMILES string of the molecule is C[C@@](ON)(C(=O)O)[C@H]1CCc2cc(C(N)=NC3CC(CO)(CCN)C3)ccc2O1. The molecule has 0 unspecified atom stereocenters. The van der Waals surface area contributed by atoms with Crippen molar-refractivity contribution in [2.75, 3.05) is 13.2 Å². The largest absolute Gasteiger partial charge is 0.486 e. The summed E-state index contributed by atoms with van der Waals surface area (Å²) in [6, 6.07) is 5.58. The Morgan fingerprint density at radius 3 is 2.76 bits per heavy atom. The predicted molar refractivity (Wildman–Crippen MR) is 107 cm³/mol. The van der Waals surface area contributed by atoms with E-state index in [1.807, 2.05) is 6.07 Å². The number of aliphatic carboxylic acids is 1. The van der Waals surface area contributed by atoms with Crippen molar-refractivity contribution < 1.29 is 24.6 Å². The Labute approximate surface area is 169 Å². The molecule has 0 aromatic heterocycles. The van der Waals surface area contributed by atoms with Gasteiger partial charge in [-0.3, -0.25) is 9.83 Å². The number of aliphatic hydroxyl groups excluding tert-OH is 1. The Morgan fingerprint density at radius 2 is 2.17 bits per heavy atom. The number of nitrogens with zero attached hydrogens (tertiary/aromatic N) is 1. The molecule has 2 aliphatic rings. The van der Waals surface area contributed by atoms with Crippen LogP contribution in [0, 0.1) is 5.41 Å². The molecule has 0 radical (unpaired) electrons. The molecular weight excluding hydrogens is 376 g/mol. The van der Waals surface area contributed by atoms with Crippen LogP contribution in [0.4, 0.5) is 0 Å². The van der Waals surface area contributed by atoms with Crippen LogP contribution in [0.2, 0.25) is 0 Å². The van der Waals surface area contributed by atoms with Crippen molar-refractivity contribution in [1.29, 1.82) is 0 Å². The van der Waals surface area contributed by atoms with Gasteiger partial charge in [-0.1, -0.05) is 0 Å². The number of carbonyl (C=O) groups is 1. The zero-order valence-corrected chi connectivity index (χ0v) is 16.6. The van der Waals surface area contributed by atoms with Crippen molar-refractivity contribution in [3.63, 3.8) is 0 Å². The second-order valence-corrected chi connectivity index (χ2v) is 8.27. The fraction of sp³-hybridized carbons (Fsp3) is 0.600. The minimum Gasteiger partial charge on any atom is -0.486 e. The van der Waals surface area contributed by atoms with Gasteiger partial charge in [0.1, 0.15) is 17.7 Å². The van der Waals surface area contributed by atoms with Gasteiger partial charge in [-0.05, 0) is 74.8 Å². The van der Waals surface area contributed by atoms with Gasteiger partial charge in [0.05, 0.1) is 6.04 Å². The third-order valence-corrected chi connectivity index (χ3v) is 6.25. The number of rotatable bonds is 8. The summed E-state index contributed by atoms with van der Waals surface area (Å²) in [5, 5.41) is 19.0. The summed E-state index contributed by atoms with van der Waals surface area (Å²) >= 11 is 0. The van der Waals surface area contributed by atoms with Gasteiger partial charge in [0.2, 0.25) is 5.60 Å². The highest BCUT2D eigenvalue weighted by Crippen LogP contribution is 2.45. The summed E-state index contributed by atoms with van der Waals surface area (Å²) in [6.45, 7) is 2.07. The molecule has 0 bridgehead atoms. The smallest absolute Gasteiger partial charge is 0.341 e. The van der Waals surface area contributed by atoms with Gasteiger partial charge in [-0.15, -0.1) is 0 Å². The fourth-order valence-corrected chi connectivity index (χ4v) is 4.22. The number of aliphatic hydroxyl groups is 1. The van der Waals surface area contributed by atoms with Crippen molar-refractivity contribution in [2.24, 2.45) is 27.8 Å². The van der Waals surface area contributed by atoms with E-state index in [-0.39, 0.29) is 18.1 Å². The number of amidine groups is 1. The summed E-state index contributed by atoms with van der Waals surface area (Å²) in [7, 11) is 0. The van der Waals surface area contributed by atoms with Crippen LogP contribution in [0.25, 0.3) is 0 Å². The Balaban J connectivity index is 1.70. The van der Waals surface area contributed by atoms with Crippen LogP contribution in [0.15, 0.2) is 23.2 Å². The molecule has 2 atom stereocenters. The van der Waals surface area contributed by atoms with E-state index in [2.05, 4.69) is 4.99 Å². The van der Waals surface area contributed by atoms with Crippen LogP contribution in [-0.2, 0) is 16.1 Å². The normalized spacial score (nSPS) is 28.6. The number of ether oxygens (including phenoxy) is 1. The molecule has 1 aromatic carbocycles. The van der Waals surface area contributed by atoms with Gasteiger partial charge in [-0.2, -0.15) is 0 Å². The first-order valence-corrected chi connectivity index (χ1v) is 9.82. The number of carboxylic acid groups (broad SMARTS) is 1. The van der Waals surface area contributed by atoms with Crippen molar-refractivity contribution in [2.45, 2.75) is 56.8 Å². The number of hydrogen-bond donors (Lipinski definition) is 5. The zero-order valence-electron chi connectivity index (χ0n) is 16.6. The van der Waals surface area contributed by atoms with Crippen molar-refractivity contribution >= 4 is 11.8 Å². The molecular formula is C20H30N4O5. The van der Waals surface area contributed by atoms with Gasteiger partial charge in [0, 0.05) is 12.2 Å². The van der Waals surface area contributed by atoms with E-state index in [9.17, 15) is 15.0 Å². The first-order chi connectivity index (χ1) is 13.8. The molecule has 0 spiro atoms. The average Bonchev–Trinajstić information content (AvgIpc) is 2.70. The van der Waals surface area contributed by atoms with E-state index in [4.69, 9.17) is 26.9 Å². The molecule has 3 rings (SSSR count). The van der Waals surface area contributed by atoms with Gasteiger partial charge in [0.25, 0.3) is 0 Å². The molecule has 0 amide bonds. The topological polar surface area (TPSA) is 166 Å². The molecule has 8 N–H and O–H groups in total. The van der Waals surface area contributed by atoms with Crippen LogP contribution in [0.5, 0.6) is 5.75 Å². The molecule has 160 valence electrons. The molecule has 1 aliphatic heterocycles. The number of fused-ring (bicyclic) bond motifs is 1. The summed E-state index contributed by atoms with van der Waals surface area (Å²) < 4.78 is 5.86. The minimum atomic E-state index is -1.62. The standard InChI is InChI=1S/C20H30N4O5/c1-19(29-23,18(26)27)16-5-3-12-8-13(2-4-15(12)28-16)17(22)24-14-9-20(10-14,11-25)6-7-21/h2,4,8,14,16,25H,3,5-7,9-11,21,23H2,1H3,(H2,22,24)(H,26,27)/t14?,16-,19+,20?/m1/s1. The Kier molecular flexibility index (Phi) is 6.13. The van der Waals surface area contributed by atoms with Crippen LogP contribution >= 0.6 is 0 Å². The summed E-state index contributed by atoms with van der Waals surface area (Å²) in [5.41, 5.74) is 11.8. The Morgan fingerprint density at radius 1 is 1.45 bits per heavy atom. The summed E-state index contributed by atoms with van der Waals surface area (Å²) in [4.78, 5) is 20.8. The number of carboxylic acids is 1. The van der Waals surface area contributed by atoms with Crippen LogP contribution in [-0.4, -0.2) is 52.9 Å². The Bertz CT molecular complexity index is 793. The molecule has 1 heterocycles. The van der Waals surface area contributed by atoms with Crippen LogP contribution in [0.1, 0.15) is 43.7 Å².